The molecule has 0 aliphatic carbocycles. The fourth-order valence-electron chi connectivity index (χ4n) is 1.89. The molecule has 0 aliphatic rings. The Hall–Kier alpha value is -2.34. The molecule has 1 atom stereocenters. The van der Waals surface area contributed by atoms with E-state index in [2.05, 4.69) is 5.32 Å². The topological polar surface area (TPSA) is 85.4 Å². The van der Waals surface area contributed by atoms with Crippen molar-refractivity contribution in [3.63, 3.8) is 0 Å². The Morgan fingerprint density at radius 3 is 2.52 bits per heavy atom. The standard InChI is InChI=1S/C14H13ClN2O4/c1-2-11(9-3-5-10(15)6-4-9)16-14(18)12-7-8-13(21-12)17(19)20/h3-8,11H,2H2,1H3,(H,16,18). The highest BCUT2D eigenvalue weighted by molar-refractivity contribution is 6.30. The first-order chi connectivity index (χ1) is 10.0. The molecule has 2 aromatic rings. The second-order valence-electron chi connectivity index (χ2n) is 4.38. The van der Waals surface area contributed by atoms with E-state index in [0.717, 1.165) is 11.6 Å². The molecule has 0 bridgehead atoms. The van der Waals surface area contributed by atoms with E-state index in [1.807, 2.05) is 19.1 Å². The first-order valence-corrected chi connectivity index (χ1v) is 6.69. The maximum absolute atomic E-state index is 12.0. The summed E-state index contributed by atoms with van der Waals surface area (Å²) in [5.41, 5.74) is 0.899. The van der Waals surface area contributed by atoms with Crippen LogP contribution in [0.5, 0.6) is 0 Å². The molecule has 21 heavy (non-hydrogen) atoms. The van der Waals surface area contributed by atoms with Crippen LogP contribution in [0.2, 0.25) is 5.02 Å². The van der Waals surface area contributed by atoms with Gasteiger partial charge in [-0.1, -0.05) is 30.7 Å². The van der Waals surface area contributed by atoms with Crippen LogP contribution in [0.1, 0.15) is 35.5 Å². The number of carbonyl (C=O) groups is 1. The van der Waals surface area contributed by atoms with Gasteiger partial charge in [-0.3, -0.25) is 14.9 Å². The molecule has 6 nitrogen and oxygen atoms in total. The fourth-order valence-corrected chi connectivity index (χ4v) is 2.02. The third-order valence-electron chi connectivity index (χ3n) is 2.98. The number of hydrogen-bond acceptors (Lipinski definition) is 4. The third-order valence-corrected chi connectivity index (χ3v) is 3.23. The first kappa shape index (κ1) is 15.1. The summed E-state index contributed by atoms with van der Waals surface area (Å²) in [4.78, 5) is 21.9. The van der Waals surface area contributed by atoms with Crippen LogP contribution in [0, 0.1) is 10.1 Å². The fraction of sp³-hybridized carbons (Fsp3) is 0.214. The maximum atomic E-state index is 12.0. The molecular weight excluding hydrogens is 296 g/mol. The van der Waals surface area contributed by atoms with Gasteiger partial charge in [-0.25, -0.2) is 0 Å². The summed E-state index contributed by atoms with van der Waals surface area (Å²) in [6.07, 6.45) is 0.663. The Kier molecular flexibility index (Phi) is 4.59. The van der Waals surface area contributed by atoms with E-state index in [9.17, 15) is 14.9 Å². The number of furan rings is 1. The van der Waals surface area contributed by atoms with Gasteiger partial charge in [0.15, 0.2) is 5.76 Å². The number of nitrogens with zero attached hydrogens (tertiary/aromatic N) is 1. The van der Waals surface area contributed by atoms with Gasteiger partial charge in [-0.15, -0.1) is 0 Å². The lowest BCUT2D eigenvalue weighted by Gasteiger charge is -2.16. The molecule has 1 heterocycles. The monoisotopic (exact) mass is 308 g/mol. The molecule has 110 valence electrons. The van der Waals surface area contributed by atoms with Crippen molar-refractivity contribution in [2.45, 2.75) is 19.4 Å². The minimum atomic E-state index is -0.687. The molecule has 0 spiro atoms. The lowest BCUT2D eigenvalue weighted by Crippen LogP contribution is -2.27. The van der Waals surface area contributed by atoms with E-state index in [-0.39, 0.29) is 11.8 Å². The van der Waals surface area contributed by atoms with Gasteiger partial charge < -0.3 is 9.73 Å². The van der Waals surface area contributed by atoms with Crippen LogP contribution in [-0.2, 0) is 0 Å². The summed E-state index contributed by atoms with van der Waals surface area (Å²) < 4.78 is 4.88. The molecule has 7 heteroatoms. The van der Waals surface area contributed by atoms with Gasteiger partial charge in [0.05, 0.1) is 12.1 Å². The van der Waals surface area contributed by atoms with Gasteiger partial charge in [0.1, 0.15) is 4.92 Å². The highest BCUT2D eigenvalue weighted by atomic mass is 35.5. The molecule has 1 unspecified atom stereocenters. The Morgan fingerprint density at radius 1 is 1.33 bits per heavy atom. The number of carbonyl (C=O) groups excluding carboxylic acids is 1. The van der Waals surface area contributed by atoms with Gasteiger partial charge in [-0.2, -0.15) is 0 Å². The van der Waals surface area contributed by atoms with Crippen LogP contribution in [0.4, 0.5) is 5.88 Å². The van der Waals surface area contributed by atoms with E-state index in [1.54, 1.807) is 12.1 Å². The molecule has 1 aromatic heterocycles. The molecule has 1 amide bonds. The van der Waals surface area contributed by atoms with Crippen LogP contribution < -0.4 is 5.32 Å². The second-order valence-corrected chi connectivity index (χ2v) is 4.82. The normalized spacial score (nSPS) is 11.9. The zero-order valence-electron chi connectivity index (χ0n) is 11.2. The Balaban J connectivity index is 2.12. The molecule has 0 aliphatic heterocycles. The summed E-state index contributed by atoms with van der Waals surface area (Å²) in [5, 5.41) is 13.9. The first-order valence-electron chi connectivity index (χ1n) is 6.31. The SMILES string of the molecule is CCC(NC(=O)c1ccc([N+](=O)[O-])o1)c1ccc(Cl)cc1. The molecule has 2 rings (SSSR count). The smallest absolute Gasteiger partial charge is 0.395 e. The lowest BCUT2D eigenvalue weighted by molar-refractivity contribution is -0.402. The molecule has 1 N–H and O–H groups in total. The summed E-state index contributed by atoms with van der Waals surface area (Å²) in [7, 11) is 0. The van der Waals surface area contributed by atoms with E-state index in [1.165, 1.54) is 6.07 Å². The van der Waals surface area contributed by atoms with Crippen molar-refractivity contribution >= 4 is 23.4 Å². The molecular formula is C14H13ClN2O4. The van der Waals surface area contributed by atoms with E-state index in [0.29, 0.717) is 11.4 Å². The molecule has 1 aromatic carbocycles. The van der Waals surface area contributed by atoms with Crippen molar-refractivity contribution in [3.05, 3.63) is 62.9 Å². The lowest BCUT2D eigenvalue weighted by atomic mass is 10.0. The average molecular weight is 309 g/mol. The summed E-state index contributed by atoms with van der Waals surface area (Å²) in [5.74, 6) is -1.04. The van der Waals surface area contributed by atoms with Gasteiger partial charge in [0.25, 0.3) is 5.91 Å². The minimum Gasteiger partial charge on any atom is -0.395 e. The minimum absolute atomic E-state index is 0.0888. The molecule has 0 radical (unpaired) electrons. The Morgan fingerprint density at radius 2 is 2.00 bits per heavy atom. The quantitative estimate of drug-likeness (QED) is 0.673. The van der Waals surface area contributed by atoms with E-state index < -0.39 is 16.7 Å². The van der Waals surface area contributed by atoms with Crippen molar-refractivity contribution in [1.82, 2.24) is 5.32 Å². The Bertz CT molecular complexity index is 651. The molecule has 0 fully saturated rings. The van der Waals surface area contributed by atoms with Gasteiger partial charge in [-0.05, 0) is 30.2 Å². The van der Waals surface area contributed by atoms with Crippen LogP contribution in [-0.4, -0.2) is 10.8 Å². The third kappa shape index (κ3) is 3.61. The number of nitrogens with one attached hydrogen (secondary N) is 1. The second kappa shape index (κ2) is 6.41. The van der Waals surface area contributed by atoms with E-state index in [4.69, 9.17) is 16.0 Å². The van der Waals surface area contributed by atoms with Gasteiger partial charge >= 0.3 is 5.88 Å². The zero-order valence-corrected chi connectivity index (χ0v) is 12.0. The predicted molar refractivity (Wildman–Crippen MR) is 77.3 cm³/mol. The molecule has 0 saturated carbocycles. The number of halogens is 1. The number of nitro groups is 1. The van der Waals surface area contributed by atoms with Crippen LogP contribution in [0.3, 0.4) is 0 Å². The maximum Gasteiger partial charge on any atom is 0.433 e. The van der Waals surface area contributed by atoms with Crippen molar-refractivity contribution in [2.75, 3.05) is 0 Å². The van der Waals surface area contributed by atoms with Crippen molar-refractivity contribution in [2.24, 2.45) is 0 Å². The van der Waals surface area contributed by atoms with E-state index >= 15 is 0 Å². The molecule has 0 saturated heterocycles. The average Bonchev–Trinajstić information content (AvgIpc) is 2.96. The summed E-state index contributed by atoms with van der Waals surface area (Å²) in [6, 6.07) is 9.33. The van der Waals surface area contributed by atoms with Crippen LogP contribution in [0.15, 0.2) is 40.8 Å². The van der Waals surface area contributed by atoms with Crippen molar-refractivity contribution in [3.8, 4) is 0 Å². The largest absolute Gasteiger partial charge is 0.433 e. The number of hydrogen-bond donors (Lipinski definition) is 1. The highest BCUT2D eigenvalue weighted by Crippen LogP contribution is 2.21. The zero-order chi connectivity index (χ0) is 15.4. The van der Waals surface area contributed by atoms with Gasteiger partial charge in [0, 0.05) is 5.02 Å². The number of amides is 1. The summed E-state index contributed by atoms with van der Waals surface area (Å²) >= 11 is 5.83. The number of benzene rings is 1. The van der Waals surface area contributed by atoms with Crippen LogP contribution in [0.25, 0.3) is 0 Å². The predicted octanol–water partition coefficient (Wildman–Crippen LogP) is 3.72. The van der Waals surface area contributed by atoms with Gasteiger partial charge in [0.2, 0.25) is 0 Å². The number of rotatable bonds is 5. The van der Waals surface area contributed by atoms with Crippen molar-refractivity contribution < 1.29 is 14.1 Å². The highest BCUT2D eigenvalue weighted by Gasteiger charge is 2.20. The summed E-state index contributed by atoms with van der Waals surface area (Å²) in [6.45, 7) is 1.92. The van der Waals surface area contributed by atoms with Crippen molar-refractivity contribution in [1.29, 1.82) is 0 Å². The Labute approximate surface area is 125 Å². The van der Waals surface area contributed by atoms with Crippen LogP contribution >= 0.6 is 11.6 Å².